The lowest BCUT2D eigenvalue weighted by Crippen LogP contribution is -2.25. The molecule has 2 rings (SSSR count). The molecule has 2 aromatic rings. The van der Waals surface area contributed by atoms with Gasteiger partial charge in [-0.25, -0.2) is 0 Å². The average molecular weight is 360 g/mol. The van der Waals surface area contributed by atoms with E-state index in [9.17, 15) is 18.0 Å². The van der Waals surface area contributed by atoms with Crippen LogP contribution in [0.15, 0.2) is 24.3 Å². The van der Waals surface area contributed by atoms with Crippen molar-refractivity contribution in [2.45, 2.75) is 32.5 Å². The highest BCUT2D eigenvalue weighted by Crippen LogP contribution is 2.31. The smallest absolute Gasteiger partial charge is 0.347 e. The number of aromatic nitrogens is 2. The van der Waals surface area contributed by atoms with Crippen molar-refractivity contribution in [1.82, 2.24) is 15.1 Å². The Hall–Kier alpha value is -2.02. The van der Waals surface area contributed by atoms with E-state index >= 15 is 0 Å². The summed E-state index contributed by atoms with van der Waals surface area (Å²) in [7, 11) is 1.64. The molecule has 0 aliphatic rings. The van der Waals surface area contributed by atoms with Gasteiger partial charge < -0.3 is 5.32 Å². The normalized spacial score (nSPS) is 11.8. The molecule has 130 valence electrons. The van der Waals surface area contributed by atoms with Crippen LogP contribution in [0.2, 0.25) is 5.02 Å². The van der Waals surface area contributed by atoms with Gasteiger partial charge in [-0.2, -0.15) is 18.3 Å². The molecule has 24 heavy (non-hydrogen) atoms. The standard InChI is InChI=1S/C16H17ClF3N3O/c1-9(2)13-7-14(23(3)22-13)15(24)21-8-10-6-11(16(18,19)20)4-5-12(10)17/h4-7,9H,8H2,1-3H3,(H,21,24). The number of amides is 1. The molecule has 4 nitrogen and oxygen atoms in total. The number of hydrogen-bond acceptors (Lipinski definition) is 2. The molecule has 0 unspecified atom stereocenters. The molecule has 0 saturated heterocycles. The van der Waals surface area contributed by atoms with Gasteiger partial charge in [0.15, 0.2) is 0 Å². The molecule has 0 atom stereocenters. The fraction of sp³-hybridized carbons (Fsp3) is 0.375. The first-order valence-electron chi connectivity index (χ1n) is 7.27. The highest BCUT2D eigenvalue weighted by molar-refractivity contribution is 6.31. The Kier molecular flexibility index (Phi) is 5.22. The molecule has 1 aromatic heterocycles. The van der Waals surface area contributed by atoms with Gasteiger partial charge >= 0.3 is 6.18 Å². The zero-order valence-electron chi connectivity index (χ0n) is 13.4. The van der Waals surface area contributed by atoms with Gasteiger partial charge in [0.25, 0.3) is 5.91 Å². The van der Waals surface area contributed by atoms with E-state index in [1.165, 1.54) is 10.7 Å². The molecule has 0 fully saturated rings. The van der Waals surface area contributed by atoms with Crippen molar-refractivity contribution in [3.63, 3.8) is 0 Å². The number of hydrogen-bond donors (Lipinski definition) is 1. The van der Waals surface area contributed by atoms with Crippen LogP contribution in [0.4, 0.5) is 13.2 Å². The van der Waals surface area contributed by atoms with Gasteiger partial charge in [-0.3, -0.25) is 9.48 Å². The summed E-state index contributed by atoms with van der Waals surface area (Å²) in [5.74, 6) is -0.263. The molecule has 1 amide bonds. The van der Waals surface area contributed by atoms with E-state index in [4.69, 9.17) is 11.6 Å². The lowest BCUT2D eigenvalue weighted by molar-refractivity contribution is -0.137. The number of rotatable bonds is 4. The maximum atomic E-state index is 12.8. The van der Waals surface area contributed by atoms with Crippen molar-refractivity contribution in [3.05, 3.63) is 51.8 Å². The van der Waals surface area contributed by atoms with Crippen LogP contribution in [0.5, 0.6) is 0 Å². The van der Waals surface area contributed by atoms with E-state index in [-0.39, 0.29) is 23.0 Å². The quantitative estimate of drug-likeness (QED) is 0.891. The second-order valence-electron chi connectivity index (χ2n) is 5.72. The molecular formula is C16H17ClF3N3O. The Balaban J connectivity index is 2.15. The molecule has 1 heterocycles. The molecule has 0 bridgehead atoms. The van der Waals surface area contributed by atoms with E-state index in [2.05, 4.69) is 10.4 Å². The Labute approximate surface area is 142 Å². The summed E-state index contributed by atoms with van der Waals surface area (Å²) >= 11 is 5.92. The minimum atomic E-state index is -4.46. The van der Waals surface area contributed by atoms with Crippen molar-refractivity contribution in [2.24, 2.45) is 7.05 Å². The first kappa shape index (κ1) is 18.3. The van der Waals surface area contributed by atoms with E-state index in [0.717, 1.165) is 17.8 Å². The summed E-state index contributed by atoms with van der Waals surface area (Å²) in [4.78, 5) is 12.2. The van der Waals surface area contributed by atoms with Crippen molar-refractivity contribution in [2.75, 3.05) is 0 Å². The summed E-state index contributed by atoms with van der Waals surface area (Å²) in [5, 5.41) is 6.97. The number of nitrogens with one attached hydrogen (secondary N) is 1. The zero-order chi connectivity index (χ0) is 18.1. The number of alkyl halides is 3. The van der Waals surface area contributed by atoms with E-state index in [0.29, 0.717) is 5.69 Å². The topological polar surface area (TPSA) is 46.9 Å². The van der Waals surface area contributed by atoms with Crippen LogP contribution in [-0.2, 0) is 19.8 Å². The average Bonchev–Trinajstić information content (AvgIpc) is 2.87. The number of halogens is 4. The number of carbonyl (C=O) groups excluding carboxylic acids is 1. The first-order valence-corrected chi connectivity index (χ1v) is 7.65. The molecule has 0 saturated carbocycles. The Morgan fingerprint density at radius 3 is 2.54 bits per heavy atom. The van der Waals surface area contributed by atoms with Gasteiger partial charge in [-0.15, -0.1) is 0 Å². The van der Waals surface area contributed by atoms with Crippen LogP contribution in [0.1, 0.15) is 47.1 Å². The van der Waals surface area contributed by atoms with Gasteiger partial charge in [0, 0.05) is 18.6 Å². The van der Waals surface area contributed by atoms with Crippen LogP contribution < -0.4 is 5.32 Å². The minimum absolute atomic E-state index is 0.107. The Morgan fingerprint density at radius 1 is 1.33 bits per heavy atom. The van der Waals surface area contributed by atoms with Crippen LogP contribution >= 0.6 is 11.6 Å². The van der Waals surface area contributed by atoms with Crippen LogP contribution in [-0.4, -0.2) is 15.7 Å². The molecule has 0 radical (unpaired) electrons. The Bertz CT molecular complexity index is 754. The summed E-state index contributed by atoms with van der Waals surface area (Å²) < 4.78 is 39.7. The fourth-order valence-electron chi connectivity index (χ4n) is 2.14. The van der Waals surface area contributed by atoms with Gasteiger partial charge in [0.2, 0.25) is 0 Å². The van der Waals surface area contributed by atoms with Crippen molar-refractivity contribution < 1.29 is 18.0 Å². The van der Waals surface area contributed by atoms with Crippen molar-refractivity contribution in [1.29, 1.82) is 0 Å². The molecule has 0 spiro atoms. The lowest BCUT2D eigenvalue weighted by atomic mass is 10.1. The highest BCUT2D eigenvalue weighted by atomic mass is 35.5. The molecule has 0 aliphatic heterocycles. The predicted octanol–water partition coefficient (Wildman–Crippen LogP) is 4.15. The largest absolute Gasteiger partial charge is 0.416 e. The molecule has 8 heteroatoms. The number of benzene rings is 1. The number of nitrogens with zero attached hydrogens (tertiary/aromatic N) is 2. The fourth-order valence-corrected chi connectivity index (χ4v) is 2.32. The SMILES string of the molecule is CC(C)c1cc(C(=O)NCc2cc(C(F)(F)F)ccc2Cl)n(C)n1. The van der Waals surface area contributed by atoms with Crippen LogP contribution in [0, 0.1) is 0 Å². The molecule has 1 N–H and O–H groups in total. The molecular weight excluding hydrogens is 343 g/mol. The zero-order valence-corrected chi connectivity index (χ0v) is 14.2. The second kappa shape index (κ2) is 6.84. The third-order valence-electron chi connectivity index (χ3n) is 3.54. The summed E-state index contributed by atoms with van der Waals surface area (Å²) in [6.45, 7) is 3.79. The third kappa shape index (κ3) is 4.08. The van der Waals surface area contributed by atoms with Crippen molar-refractivity contribution >= 4 is 17.5 Å². The third-order valence-corrected chi connectivity index (χ3v) is 3.90. The van der Waals surface area contributed by atoms with E-state index in [1.807, 2.05) is 13.8 Å². The number of carbonyl (C=O) groups is 1. The van der Waals surface area contributed by atoms with Gasteiger partial charge in [-0.1, -0.05) is 25.4 Å². The predicted molar refractivity (Wildman–Crippen MR) is 84.9 cm³/mol. The highest BCUT2D eigenvalue weighted by Gasteiger charge is 2.30. The maximum Gasteiger partial charge on any atom is 0.416 e. The molecule has 1 aromatic carbocycles. The van der Waals surface area contributed by atoms with E-state index in [1.54, 1.807) is 13.1 Å². The van der Waals surface area contributed by atoms with Gasteiger partial charge in [0.05, 0.1) is 11.3 Å². The van der Waals surface area contributed by atoms with Crippen LogP contribution in [0.25, 0.3) is 0 Å². The van der Waals surface area contributed by atoms with Crippen molar-refractivity contribution in [3.8, 4) is 0 Å². The maximum absolute atomic E-state index is 12.8. The van der Waals surface area contributed by atoms with E-state index < -0.39 is 17.6 Å². The lowest BCUT2D eigenvalue weighted by Gasteiger charge is -2.11. The molecule has 0 aliphatic carbocycles. The first-order chi connectivity index (χ1) is 11.1. The summed E-state index contributed by atoms with van der Waals surface area (Å²) in [5.41, 5.74) is 0.492. The minimum Gasteiger partial charge on any atom is -0.347 e. The van der Waals surface area contributed by atoms with Gasteiger partial charge in [0.1, 0.15) is 5.69 Å². The Morgan fingerprint density at radius 2 is 2.00 bits per heavy atom. The second-order valence-corrected chi connectivity index (χ2v) is 6.13. The monoisotopic (exact) mass is 359 g/mol. The number of aryl methyl sites for hydroxylation is 1. The van der Waals surface area contributed by atoms with Crippen LogP contribution in [0.3, 0.4) is 0 Å². The van der Waals surface area contributed by atoms with Gasteiger partial charge in [-0.05, 0) is 35.7 Å². The summed E-state index contributed by atoms with van der Waals surface area (Å²) in [6, 6.07) is 4.68. The summed E-state index contributed by atoms with van der Waals surface area (Å²) in [6.07, 6.45) is -4.46.